The van der Waals surface area contributed by atoms with Crippen LogP contribution in [-0.2, 0) is 11.3 Å². The summed E-state index contributed by atoms with van der Waals surface area (Å²) in [5, 5.41) is 19.8. The molecular weight excluding hydrogens is 324 g/mol. The van der Waals surface area contributed by atoms with Gasteiger partial charge in [0.1, 0.15) is 0 Å². The largest absolute Gasteiger partial charge is 0.396 e. The number of aliphatic hydroxyl groups is 2. The monoisotopic (exact) mass is 364 g/mol. The van der Waals surface area contributed by atoms with Crippen molar-refractivity contribution < 1.29 is 14.9 Å². The third-order valence-electron chi connectivity index (χ3n) is 5.35. The van der Waals surface area contributed by atoms with Crippen LogP contribution in [0.5, 0.6) is 0 Å². The lowest BCUT2D eigenvalue weighted by atomic mass is 9.82. The normalized spacial score (nSPS) is 18.7. The van der Waals surface area contributed by atoms with Crippen LogP contribution in [-0.4, -0.2) is 29.5 Å². The van der Waals surface area contributed by atoms with Gasteiger partial charge >= 0.3 is 0 Å². The molecule has 0 unspecified atom stereocenters. The molecule has 0 aliphatic heterocycles. The molecule has 3 heteroatoms. The second kappa shape index (κ2) is 12.5. The van der Waals surface area contributed by atoms with Gasteiger partial charge in [-0.2, -0.15) is 0 Å². The van der Waals surface area contributed by atoms with Crippen LogP contribution in [0.1, 0.15) is 59.4 Å². The second-order valence-electron chi connectivity index (χ2n) is 8.65. The van der Waals surface area contributed by atoms with Crippen molar-refractivity contribution in [2.45, 2.75) is 66.6 Å². The quantitative estimate of drug-likeness (QED) is 0.523. The molecule has 2 N–H and O–H groups in total. The molecule has 0 aliphatic rings. The highest BCUT2D eigenvalue weighted by molar-refractivity contribution is 5.13. The highest BCUT2D eigenvalue weighted by Gasteiger charge is 2.24. The van der Waals surface area contributed by atoms with Crippen LogP contribution < -0.4 is 0 Å². The van der Waals surface area contributed by atoms with Crippen LogP contribution in [0, 0.1) is 29.6 Å². The molecule has 0 bridgehead atoms. The smallest absolute Gasteiger partial charge is 0.0717 e. The minimum absolute atomic E-state index is 0.132. The van der Waals surface area contributed by atoms with Crippen LogP contribution in [0.2, 0.25) is 0 Å². The second-order valence-corrected chi connectivity index (χ2v) is 8.65. The van der Waals surface area contributed by atoms with Gasteiger partial charge in [0.05, 0.1) is 19.3 Å². The summed E-state index contributed by atoms with van der Waals surface area (Å²) in [6.07, 6.45) is 2.92. The van der Waals surface area contributed by atoms with Gasteiger partial charge in [-0.3, -0.25) is 0 Å². The zero-order valence-electron chi connectivity index (χ0n) is 17.4. The molecule has 3 nitrogen and oxygen atoms in total. The lowest BCUT2D eigenvalue weighted by Gasteiger charge is -2.28. The fourth-order valence-electron chi connectivity index (χ4n) is 4.01. The number of benzene rings is 1. The Morgan fingerprint density at radius 1 is 0.808 bits per heavy atom. The van der Waals surface area contributed by atoms with Gasteiger partial charge in [-0.25, -0.2) is 0 Å². The molecule has 0 aromatic heterocycles. The molecule has 0 spiro atoms. The van der Waals surface area contributed by atoms with Crippen molar-refractivity contribution >= 4 is 0 Å². The predicted molar refractivity (Wildman–Crippen MR) is 109 cm³/mol. The summed E-state index contributed by atoms with van der Waals surface area (Å²) in [6, 6.07) is 10.2. The van der Waals surface area contributed by atoms with Gasteiger partial charge in [0.25, 0.3) is 0 Å². The van der Waals surface area contributed by atoms with E-state index in [0.717, 1.165) is 19.3 Å². The minimum Gasteiger partial charge on any atom is -0.396 e. The van der Waals surface area contributed by atoms with E-state index >= 15 is 0 Å². The minimum atomic E-state index is -0.333. The summed E-state index contributed by atoms with van der Waals surface area (Å²) in [4.78, 5) is 0. The van der Waals surface area contributed by atoms with E-state index in [1.54, 1.807) is 0 Å². The first-order valence-electron chi connectivity index (χ1n) is 10.2. The number of hydrogen-bond donors (Lipinski definition) is 2. The van der Waals surface area contributed by atoms with Crippen LogP contribution in [0.25, 0.3) is 0 Å². The van der Waals surface area contributed by atoms with E-state index in [-0.39, 0.29) is 24.5 Å². The molecule has 0 heterocycles. The highest BCUT2D eigenvalue weighted by Crippen LogP contribution is 2.27. The molecular formula is C23H40O3. The van der Waals surface area contributed by atoms with E-state index in [1.807, 2.05) is 18.2 Å². The first kappa shape index (κ1) is 23.1. The van der Waals surface area contributed by atoms with Crippen LogP contribution in [0.4, 0.5) is 0 Å². The fraction of sp³-hybridized carbons (Fsp3) is 0.739. The van der Waals surface area contributed by atoms with E-state index in [9.17, 15) is 10.2 Å². The van der Waals surface area contributed by atoms with Gasteiger partial charge in [0, 0.05) is 12.5 Å². The van der Waals surface area contributed by atoms with E-state index in [4.69, 9.17) is 4.74 Å². The standard InChI is InChI=1S/C23H40O3/c1-17(12-19(3)14-24)11-18(2)13-20(4)23(25)21(5)15-26-16-22-9-7-6-8-10-22/h6-10,17-21,23-25H,11-16H2,1-5H3/t17-,18+,19+,20+,21+,23-/m0/s1. The molecule has 1 aromatic rings. The number of aliphatic hydroxyl groups excluding tert-OH is 2. The SMILES string of the molecule is C[C@@H](C[C@@H](C)C[C@@H](C)[C@H](O)[C@H](C)COCc1ccccc1)C[C@@H](C)CO. The summed E-state index contributed by atoms with van der Waals surface area (Å²) in [5.74, 6) is 1.97. The van der Waals surface area contributed by atoms with Gasteiger partial charge in [-0.05, 0) is 48.5 Å². The average molecular weight is 365 g/mol. The summed E-state index contributed by atoms with van der Waals surface area (Å²) in [7, 11) is 0. The van der Waals surface area contributed by atoms with Crippen molar-refractivity contribution in [2.75, 3.05) is 13.2 Å². The van der Waals surface area contributed by atoms with Gasteiger partial charge in [-0.15, -0.1) is 0 Å². The maximum Gasteiger partial charge on any atom is 0.0717 e. The van der Waals surface area contributed by atoms with Crippen molar-refractivity contribution in [3.63, 3.8) is 0 Å². The van der Waals surface area contributed by atoms with E-state index in [0.29, 0.717) is 31.0 Å². The molecule has 0 radical (unpaired) electrons. The zero-order chi connectivity index (χ0) is 19.5. The van der Waals surface area contributed by atoms with Crippen LogP contribution >= 0.6 is 0 Å². The van der Waals surface area contributed by atoms with Crippen LogP contribution in [0.15, 0.2) is 30.3 Å². The fourth-order valence-corrected chi connectivity index (χ4v) is 4.01. The molecule has 0 fully saturated rings. The molecule has 150 valence electrons. The number of ether oxygens (including phenoxy) is 1. The third kappa shape index (κ3) is 9.16. The molecule has 0 amide bonds. The Bertz CT molecular complexity index is 462. The predicted octanol–water partition coefficient (Wildman–Crippen LogP) is 4.91. The van der Waals surface area contributed by atoms with Gasteiger partial charge in [0.2, 0.25) is 0 Å². The molecule has 6 atom stereocenters. The molecule has 1 aromatic carbocycles. The zero-order valence-corrected chi connectivity index (χ0v) is 17.4. The Hall–Kier alpha value is -0.900. The van der Waals surface area contributed by atoms with Gasteiger partial charge in [-0.1, -0.05) is 65.0 Å². The van der Waals surface area contributed by atoms with Gasteiger partial charge < -0.3 is 14.9 Å². The summed E-state index contributed by atoms with van der Waals surface area (Å²) >= 11 is 0. The van der Waals surface area contributed by atoms with E-state index < -0.39 is 0 Å². The Morgan fingerprint density at radius 2 is 1.38 bits per heavy atom. The maximum atomic E-state index is 10.6. The van der Waals surface area contributed by atoms with Gasteiger partial charge in [0.15, 0.2) is 0 Å². The average Bonchev–Trinajstić information content (AvgIpc) is 2.61. The summed E-state index contributed by atoms with van der Waals surface area (Å²) in [5.41, 5.74) is 1.17. The molecule has 1 rings (SSSR count). The van der Waals surface area contributed by atoms with Crippen molar-refractivity contribution in [1.29, 1.82) is 0 Å². The third-order valence-corrected chi connectivity index (χ3v) is 5.35. The number of hydrogen-bond acceptors (Lipinski definition) is 3. The molecule has 0 saturated carbocycles. The van der Waals surface area contributed by atoms with E-state index in [1.165, 1.54) is 5.56 Å². The maximum absolute atomic E-state index is 10.6. The Labute approximate surface area is 160 Å². The Morgan fingerprint density at radius 3 is 2.00 bits per heavy atom. The lowest BCUT2D eigenvalue weighted by Crippen LogP contribution is -2.30. The lowest BCUT2D eigenvalue weighted by molar-refractivity contribution is -0.00156. The van der Waals surface area contributed by atoms with Crippen molar-refractivity contribution in [2.24, 2.45) is 29.6 Å². The molecule has 0 saturated heterocycles. The van der Waals surface area contributed by atoms with E-state index in [2.05, 4.69) is 46.8 Å². The Balaban J connectivity index is 2.30. The van der Waals surface area contributed by atoms with Crippen LogP contribution in [0.3, 0.4) is 0 Å². The first-order chi connectivity index (χ1) is 12.3. The Kier molecular flexibility index (Phi) is 11.1. The highest BCUT2D eigenvalue weighted by atomic mass is 16.5. The summed E-state index contributed by atoms with van der Waals surface area (Å²) in [6.45, 7) is 12.3. The van der Waals surface area contributed by atoms with Crippen molar-refractivity contribution in [3.8, 4) is 0 Å². The topological polar surface area (TPSA) is 49.7 Å². The summed E-state index contributed by atoms with van der Waals surface area (Å²) < 4.78 is 5.79. The van der Waals surface area contributed by atoms with Crippen molar-refractivity contribution in [1.82, 2.24) is 0 Å². The van der Waals surface area contributed by atoms with Crippen molar-refractivity contribution in [3.05, 3.63) is 35.9 Å². The molecule has 0 aliphatic carbocycles. The number of rotatable bonds is 13. The molecule has 26 heavy (non-hydrogen) atoms. The first-order valence-corrected chi connectivity index (χ1v) is 10.2.